The van der Waals surface area contributed by atoms with Crippen LogP contribution in [0, 0.1) is 16.0 Å². The fourth-order valence-corrected chi connectivity index (χ4v) is 3.57. The van der Waals surface area contributed by atoms with Gasteiger partial charge in [0.15, 0.2) is 0 Å². The first-order chi connectivity index (χ1) is 14.5. The normalized spacial score (nSPS) is 15.6. The van der Waals surface area contributed by atoms with Crippen molar-refractivity contribution in [3.05, 3.63) is 34.4 Å². The highest BCUT2D eigenvalue weighted by atomic mass is 16.7. The summed E-state index contributed by atoms with van der Waals surface area (Å²) in [7, 11) is 1.60. The summed E-state index contributed by atoms with van der Waals surface area (Å²) >= 11 is 0. The van der Waals surface area contributed by atoms with Gasteiger partial charge in [-0.1, -0.05) is 32.1 Å². The zero-order valence-electron chi connectivity index (χ0n) is 18.7. The Bertz CT molecular complexity index is 752. The predicted molar refractivity (Wildman–Crippen MR) is 114 cm³/mol. The number of nitro groups is 1. The lowest BCUT2D eigenvalue weighted by molar-refractivity contribution is -0.384. The maximum Gasteiger partial charge on any atom is 0.514 e. The van der Waals surface area contributed by atoms with E-state index in [2.05, 4.69) is 0 Å². The number of hydrogen-bond acceptors (Lipinski definition) is 7. The molecule has 0 N–H and O–H groups in total. The van der Waals surface area contributed by atoms with Crippen LogP contribution in [0.2, 0.25) is 0 Å². The number of nitrogens with zero attached hydrogens (tertiary/aromatic N) is 2. The molecular formula is C22H32N2O7. The predicted octanol–water partition coefficient (Wildman–Crippen LogP) is 5.32. The third-order valence-corrected chi connectivity index (χ3v) is 5.02. The quantitative estimate of drug-likeness (QED) is 0.246. The average Bonchev–Trinajstić information content (AvgIpc) is 2.67. The summed E-state index contributed by atoms with van der Waals surface area (Å²) in [6, 6.07) is 5.17. The molecule has 1 fully saturated rings. The molecule has 1 aromatic carbocycles. The molecule has 0 aliphatic heterocycles. The third kappa shape index (κ3) is 8.82. The van der Waals surface area contributed by atoms with Gasteiger partial charge in [0.1, 0.15) is 17.5 Å². The first kappa shape index (κ1) is 24.4. The highest BCUT2D eigenvalue weighted by molar-refractivity contribution is 5.68. The maximum absolute atomic E-state index is 12.4. The minimum absolute atomic E-state index is 0.102. The van der Waals surface area contributed by atoms with Gasteiger partial charge in [-0.05, 0) is 45.2 Å². The Labute approximate surface area is 182 Å². The van der Waals surface area contributed by atoms with Gasteiger partial charge in [-0.15, -0.1) is 0 Å². The number of hydrogen-bond donors (Lipinski definition) is 0. The topological polar surface area (TPSA) is 108 Å². The summed E-state index contributed by atoms with van der Waals surface area (Å²) in [5.74, 6) is 0.561. The minimum atomic E-state index is -0.910. The summed E-state index contributed by atoms with van der Waals surface area (Å²) in [6.45, 7) is 5.55. The summed E-state index contributed by atoms with van der Waals surface area (Å²) in [5, 5.41) is 10.7. The van der Waals surface area contributed by atoms with Gasteiger partial charge in [0.05, 0.1) is 11.5 Å². The lowest BCUT2D eigenvalue weighted by Gasteiger charge is -2.30. The van der Waals surface area contributed by atoms with Crippen LogP contribution in [0.1, 0.15) is 59.3 Å². The van der Waals surface area contributed by atoms with Crippen molar-refractivity contribution in [3.8, 4) is 5.75 Å². The average molecular weight is 437 g/mol. The molecule has 1 aliphatic carbocycles. The van der Waals surface area contributed by atoms with Gasteiger partial charge < -0.3 is 19.1 Å². The molecule has 2 rings (SSSR count). The molecule has 1 aromatic rings. The molecule has 1 amide bonds. The van der Waals surface area contributed by atoms with Crippen LogP contribution < -0.4 is 4.74 Å². The van der Waals surface area contributed by atoms with Crippen LogP contribution in [-0.4, -0.2) is 47.4 Å². The van der Waals surface area contributed by atoms with E-state index in [0.29, 0.717) is 12.3 Å². The Kier molecular flexibility index (Phi) is 8.65. The summed E-state index contributed by atoms with van der Waals surface area (Å²) in [5.41, 5.74) is -0.727. The van der Waals surface area contributed by atoms with E-state index in [1.807, 2.05) is 0 Å². The highest BCUT2D eigenvalue weighted by Gasteiger charge is 2.27. The van der Waals surface area contributed by atoms with Gasteiger partial charge in [0.2, 0.25) is 0 Å². The largest absolute Gasteiger partial charge is 0.514 e. The number of amides is 1. The molecule has 1 atom stereocenters. The number of likely N-dealkylation sites (N-methyl/N-ethyl adjacent to an activating group) is 1. The molecule has 9 heteroatoms. The fraction of sp³-hybridized carbons (Fsp3) is 0.636. The zero-order chi connectivity index (χ0) is 23.0. The van der Waals surface area contributed by atoms with E-state index in [0.717, 1.165) is 25.7 Å². The molecule has 1 aliphatic rings. The van der Waals surface area contributed by atoms with E-state index in [-0.39, 0.29) is 18.0 Å². The Balaban J connectivity index is 2.00. The number of ether oxygens (including phenoxy) is 3. The van der Waals surface area contributed by atoms with Crippen LogP contribution in [0.3, 0.4) is 0 Å². The Morgan fingerprint density at radius 2 is 1.77 bits per heavy atom. The molecular weight excluding hydrogens is 404 g/mol. The van der Waals surface area contributed by atoms with Crippen molar-refractivity contribution in [1.29, 1.82) is 0 Å². The van der Waals surface area contributed by atoms with Crippen molar-refractivity contribution in [2.45, 2.75) is 71.0 Å². The molecule has 172 valence electrons. The number of carbonyl (C=O) groups is 2. The molecule has 1 unspecified atom stereocenters. The van der Waals surface area contributed by atoms with Crippen molar-refractivity contribution in [3.63, 3.8) is 0 Å². The first-order valence-corrected chi connectivity index (χ1v) is 10.6. The van der Waals surface area contributed by atoms with Crippen molar-refractivity contribution in [1.82, 2.24) is 4.90 Å². The second-order valence-electron chi connectivity index (χ2n) is 8.94. The van der Waals surface area contributed by atoms with Crippen molar-refractivity contribution >= 4 is 17.9 Å². The third-order valence-electron chi connectivity index (χ3n) is 5.02. The smallest absolute Gasteiger partial charge is 0.444 e. The number of nitro benzene ring substituents is 1. The van der Waals surface area contributed by atoms with Crippen molar-refractivity contribution < 1.29 is 28.7 Å². The Morgan fingerprint density at radius 3 is 2.32 bits per heavy atom. The van der Waals surface area contributed by atoms with Gasteiger partial charge in [0.25, 0.3) is 5.69 Å². The van der Waals surface area contributed by atoms with Gasteiger partial charge in [0, 0.05) is 19.2 Å². The Hall–Kier alpha value is -2.84. The minimum Gasteiger partial charge on any atom is -0.444 e. The van der Waals surface area contributed by atoms with Gasteiger partial charge >= 0.3 is 12.2 Å². The highest BCUT2D eigenvalue weighted by Crippen LogP contribution is 2.29. The second kappa shape index (κ2) is 11.0. The van der Waals surface area contributed by atoms with Crippen molar-refractivity contribution in [2.24, 2.45) is 5.92 Å². The summed E-state index contributed by atoms with van der Waals surface area (Å²) in [6.07, 6.45) is 4.30. The number of benzene rings is 1. The van der Waals surface area contributed by atoms with Gasteiger partial charge in [-0.2, -0.15) is 0 Å². The van der Waals surface area contributed by atoms with Crippen LogP contribution in [0.4, 0.5) is 15.3 Å². The van der Waals surface area contributed by atoms with E-state index in [1.54, 1.807) is 27.8 Å². The van der Waals surface area contributed by atoms with E-state index < -0.39 is 28.9 Å². The monoisotopic (exact) mass is 436 g/mol. The van der Waals surface area contributed by atoms with E-state index in [1.165, 1.54) is 35.6 Å². The number of carbonyl (C=O) groups excluding carboxylic acids is 2. The van der Waals surface area contributed by atoms with Crippen LogP contribution in [-0.2, 0) is 9.47 Å². The molecule has 1 saturated carbocycles. The molecule has 0 radical (unpaired) electrons. The summed E-state index contributed by atoms with van der Waals surface area (Å²) < 4.78 is 16.1. The summed E-state index contributed by atoms with van der Waals surface area (Å²) in [4.78, 5) is 36.3. The number of non-ortho nitro benzene ring substituents is 1. The van der Waals surface area contributed by atoms with E-state index >= 15 is 0 Å². The van der Waals surface area contributed by atoms with E-state index in [9.17, 15) is 19.7 Å². The number of rotatable bonds is 7. The standard InChI is InChI=1S/C22H32N2O7/c1-22(2,3)31-20(25)23(4)15-19(14-16-8-6-5-7-9-16)30-21(26)29-18-12-10-17(11-13-18)24(27)28/h10-13,16,19H,5-9,14-15H2,1-4H3. The SMILES string of the molecule is CN(CC(CC1CCCCC1)OC(=O)Oc1ccc([N+](=O)[O-])cc1)C(=O)OC(C)(C)C. The van der Waals surface area contributed by atoms with Gasteiger partial charge in [-0.25, -0.2) is 9.59 Å². The molecule has 9 nitrogen and oxygen atoms in total. The second-order valence-corrected chi connectivity index (χ2v) is 8.94. The lowest BCUT2D eigenvalue weighted by atomic mass is 9.85. The molecule has 0 heterocycles. The zero-order valence-corrected chi connectivity index (χ0v) is 18.7. The van der Waals surface area contributed by atoms with Crippen molar-refractivity contribution in [2.75, 3.05) is 13.6 Å². The van der Waals surface area contributed by atoms with Crippen LogP contribution in [0.5, 0.6) is 5.75 Å². The molecule has 0 aromatic heterocycles. The van der Waals surface area contributed by atoms with E-state index in [4.69, 9.17) is 14.2 Å². The lowest BCUT2D eigenvalue weighted by Crippen LogP contribution is -2.41. The Morgan fingerprint density at radius 1 is 1.16 bits per heavy atom. The van der Waals surface area contributed by atoms with Gasteiger partial charge in [-0.3, -0.25) is 10.1 Å². The van der Waals surface area contributed by atoms with Crippen LogP contribution >= 0.6 is 0 Å². The molecule has 31 heavy (non-hydrogen) atoms. The fourth-order valence-electron chi connectivity index (χ4n) is 3.57. The van der Waals surface area contributed by atoms with Crippen LogP contribution in [0.25, 0.3) is 0 Å². The molecule has 0 spiro atoms. The first-order valence-electron chi connectivity index (χ1n) is 10.6. The maximum atomic E-state index is 12.4. The molecule has 0 bridgehead atoms. The molecule has 0 saturated heterocycles. The van der Waals surface area contributed by atoms with Crippen LogP contribution in [0.15, 0.2) is 24.3 Å².